The van der Waals surface area contributed by atoms with Gasteiger partial charge in [0.15, 0.2) is 0 Å². The van der Waals surface area contributed by atoms with Crippen molar-refractivity contribution in [2.45, 2.75) is 13.3 Å². The molecule has 120 valence electrons. The Balaban J connectivity index is 1.75. The maximum absolute atomic E-state index is 11.1. The van der Waals surface area contributed by atoms with Crippen molar-refractivity contribution in [1.82, 2.24) is 0 Å². The third-order valence-electron chi connectivity index (χ3n) is 4.75. The van der Waals surface area contributed by atoms with Crippen LogP contribution in [-0.2, 0) is 0 Å². The first kappa shape index (κ1) is 15.1. The average molecular weight is 316 g/mol. The number of nitrogens with one attached hydrogen (secondary N) is 1. The van der Waals surface area contributed by atoms with Crippen molar-refractivity contribution in [3.05, 3.63) is 50.6 Å². The van der Waals surface area contributed by atoms with Gasteiger partial charge in [0.05, 0.1) is 15.9 Å². The van der Waals surface area contributed by atoms with Crippen molar-refractivity contribution in [3.8, 4) is 0 Å². The SMILES string of the molecule is C[C@@H]1[C@@H](/C=N\Nc2ccc([N+](=O)[O-])cc2[N+](=O)[O-])[C@H]2C=C[C@H]1C2. The van der Waals surface area contributed by atoms with Gasteiger partial charge in [0, 0.05) is 18.2 Å². The first-order valence-corrected chi connectivity index (χ1v) is 7.37. The van der Waals surface area contributed by atoms with E-state index in [0.717, 1.165) is 12.5 Å². The smallest absolute Gasteiger partial charge is 0.272 e. The Kier molecular flexibility index (Phi) is 3.81. The number of non-ortho nitro benzene ring substituents is 1. The number of nitrogens with zero attached hydrogens (tertiary/aromatic N) is 3. The quantitative estimate of drug-likeness (QED) is 0.387. The second-order valence-electron chi connectivity index (χ2n) is 5.99. The van der Waals surface area contributed by atoms with Gasteiger partial charge in [-0.2, -0.15) is 5.10 Å². The molecule has 0 amide bonds. The average Bonchev–Trinajstić information content (AvgIpc) is 3.10. The molecule has 8 heteroatoms. The molecule has 0 saturated heterocycles. The highest BCUT2D eigenvalue weighted by Crippen LogP contribution is 2.46. The summed E-state index contributed by atoms with van der Waals surface area (Å²) in [6, 6.07) is 3.45. The lowest BCUT2D eigenvalue weighted by Gasteiger charge is -2.20. The first-order valence-electron chi connectivity index (χ1n) is 7.37. The largest absolute Gasteiger partial charge is 0.301 e. The second kappa shape index (κ2) is 5.79. The van der Waals surface area contributed by atoms with Gasteiger partial charge < -0.3 is 0 Å². The highest BCUT2D eigenvalue weighted by molar-refractivity contribution is 5.69. The highest BCUT2D eigenvalue weighted by Gasteiger charge is 2.40. The predicted octanol–water partition coefficient (Wildman–Crippen LogP) is 3.36. The third kappa shape index (κ3) is 2.79. The summed E-state index contributed by atoms with van der Waals surface area (Å²) in [7, 11) is 0. The zero-order valence-electron chi connectivity index (χ0n) is 12.5. The van der Waals surface area contributed by atoms with E-state index in [0.29, 0.717) is 23.7 Å². The van der Waals surface area contributed by atoms with E-state index in [9.17, 15) is 20.2 Å². The number of allylic oxidation sites excluding steroid dienone is 2. The van der Waals surface area contributed by atoms with Gasteiger partial charge in [0.25, 0.3) is 5.69 Å². The molecular formula is C15H16N4O4. The Bertz CT molecular complexity index is 715. The summed E-state index contributed by atoms with van der Waals surface area (Å²) in [5.41, 5.74) is 2.11. The van der Waals surface area contributed by atoms with Gasteiger partial charge in [-0.15, -0.1) is 0 Å². The van der Waals surface area contributed by atoms with Crippen LogP contribution in [0.2, 0.25) is 0 Å². The summed E-state index contributed by atoms with van der Waals surface area (Å²) in [6.07, 6.45) is 7.38. The minimum Gasteiger partial charge on any atom is -0.272 e. The van der Waals surface area contributed by atoms with E-state index in [4.69, 9.17) is 0 Å². The molecule has 8 nitrogen and oxygen atoms in total. The molecule has 0 aliphatic heterocycles. The van der Waals surface area contributed by atoms with Gasteiger partial charge in [-0.3, -0.25) is 25.7 Å². The molecule has 0 unspecified atom stereocenters. The zero-order valence-corrected chi connectivity index (χ0v) is 12.5. The molecule has 4 atom stereocenters. The maximum atomic E-state index is 11.1. The molecule has 1 fully saturated rings. The van der Waals surface area contributed by atoms with Crippen molar-refractivity contribution >= 4 is 23.3 Å². The number of hydrogen-bond acceptors (Lipinski definition) is 6. The standard InChI is InChI=1S/C15H16N4O4/c1-9-10-2-3-11(6-10)13(9)8-16-17-14-5-4-12(18(20)21)7-15(14)19(22)23/h2-5,7-11,13,17H,6H2,1H3/b16-8-/t9-,10-,11-,13+/m0/s1. The summed E-state index contributed by atoms with van der Waals surface area (Å²) < 4.78 is 0. The van der Waals surface area contributed by atoms with Gasteiger partial charge in [-0.1, -0.05) is 19.1 Å². The third-order valence-corrected chi connectivity index (χ3v) is 4.75. The number of anilines is 1. The summed E-state index contributed by atoms with van der Waals surface area (Å²) >= 11 is 0. The summed E-state index contributed by atoms with van der Waals surface area (Å²) in [6.45, 7) is 2.18. The van der Waals surface area contributed by atoms with E-state index in [1.807, 2.05) is 0 Å². The number of hydrazone groups is 1. The van der Waals surface area contributed by atoms with Crippen LogP contribution in [-0.4, -0.2) is 16.1 Å². The number of nitro groups is 2. The maximum Gasteiger partial charge on any atom is 0.301 e. The van der Waals surface area contributed by atoms with E-state index in [-0.39, 0.29) is 17.1 Å². The number of fused-ring (bicyclic) bond motifs is 2. The molecule has 0 heterocycles. The molecule has 0 aromatic heterocycles. The number of hydrogen-bond donors (Lipinski definition) is 1. The molecule has 0 radical (unpaired) electrons. The van der Waals surface area contributed by atoms with Crippen molar-refractivity contribution in [2.24, 2.45) is 28.8 Å². The van der Waals surface area contributed by atoms with E-state index in [1.54, 1.807) is 6.21 Å². The monoisotopic (exact) mass is 316 g/mol. The highest BCUT2D eigenvalue weighted by atomic mass is 16.6. The fourth-order valence-corrected chi connectivity index (χ4v) is 3.43. The van der Waals surface area contributed by atoms with Gasteiger partial charge in [-0.25, -0.2) is 0 Å². The van der Waals surface area contributed by atoms with Crippen LogP contribution in [0.4, 0.5) is 17.1 Å². The Labute approximate surface area is 132 Å². The van der Waals surface area contributed by atoms with Crippen molar-refractivity contribution in [2.75, 3.05) is 5.43 Å². The first-order chi connectivity index (χ1) is 11.0. The molecule has 1 saturated carbocycles. The van der Waals surface area contributed by atoms with Gasteiger partial charge in [0.1, 0.15) is 5.69 Å². The zero-order chi connectivity index (χ0) is 16.6. The lowest BCUT2D eigenvalue weighted by molar-refractivity contribution is -0.393. The molecule has 2 aliphatic carbocycles. The Morgan fingerprint density at radius 3 is 2.57 bits per heavy atom. The molecule has 1 N–H and O–H groups in total. The Morgan fingerprint density at radius 1 is 1.22 bits per heavy atom. The fourth-order valence-electron chi connectivity index (χ4n) is 3.43. The topological polar surface area (TPSA) is 111 Å². The van der Waals surface area contributed by atoms with Gasteiger partial charge in [0.2, 0.25) is 0 Å². The minimum atomic E-state index is -0.663. The molecule has 2 aliphatic rings. The molecular weight excluding hydrogens is 300 g/mol. The van der Waals surface area contributed by atoms with E-state index < -0.39 is 9.85 Å². The van der Waals surface area contributed by atoms with E-state index >= 15 is 0 Å². The number of rotatable bonds is 5. The molecule has 1 aromatic rings. The number of benzene rings is 1. The van der Waals surface area contributed by atoms with E-state index in [1.165, 1.54) is 12.1 Å². The van der Waals surface area contributed by atoms with Crippen molar-refractivity contribution in [1.29, 1.82) is 0 Å². The fraction of sp³-hybridized carbons (Fsp3) is 0.400. The van der Waals surface area contributed by atoms with Crippen LogP contribution in [0.15, 0.2) is 35.5 Å². The summed E-state index contributed by atoms with van der Waals surface area (Å²) in [4.78, 5) is 20.4. The Morgan fingerprint density at radius 2 is 1.96 bits per heavy atom. The summed E-state index contributed by atoms with van der Waals surface area (Å²) in [5.74, 6) is 1.88. The molecule has 2 bridgehead atoms. The van der Waals surface area contributed by atoms with Crippen LogP contribution >= 0.6 is 0 Å². The van der Waals surface area contributed by atoms with Crippen LogP contribution in [0.1, 0.15) is 13.3 Å². The lowest BCUT2D eigenvalue weighted by atomic mass is 9.85. The van der Waals surface area contributed by atoms with E-state index in [2.05, 4.69) is 29.6 Å². The Hall–Kier alpha value is -2.77. The normalized spacial score (nSPS) is 28.4. The van der Waals surface area contributed by atoms with Crippen molar-refractivity contribution in [3.63, 3.8) is 0 Å². The van der Waals surface area contributed by atoms with Crippen LogP contribution in [0, 0.1) is 43.9 Å². The number of nitro benzene ring substituents is 2. The lowest BCUT2D eigenvalue weighted by Crippen LogP contribution is -2.18. The van der Waals surface area contributed by atoms with Crippen LogP contribution < -0.4 is 5.43 Å². The second-order valence-corrected chi connectivity index (χ2v) is 5.99. The molecule has 3 rings (SSSR count). The molecule has 23 heavy (non-hydrogen) atoms. The molecule has 1 aromatic carbocycles. The van der Waals surface area contributed by atoms with Crippen molar-refractivity contribution < 1.29 is 9.85 Å². The molecule has 0 spiro atoms. The van der Waals surface area contributed by atoms with Crippen LogP contribution in [0.5, 0.6) is 0 Å². The van der Waals surface area contributed by atoms with Crippen LogP contribution in [0.25, 0.3) is 0 Å². The van der Waals surface area contributed by atoms with Crippen LogP contribution in [0.3, 0.4) is 0 Å². The van der Waals surface area contributed by atoms with Gasteiger partial charge >= 0.3 is 5.69 Å². The summed E-state index contributed by atoms with van der Waals surface area (Å²) in [5, 5.41) is 25.9. The minimum absolute atomic E-state index is 0.142. The predicted molar refractivity (Wildman–Crippen MR) is 85.3 cm³/mol. The van der Waals surface area contributed by atoms with Gasteiger partial charge in [-0.05, 0) is 30.2 Å².